The van der Waals surface area contributed by atoms with Gasteiger partial charge in [0.05, 0.1) is 9.82 Å². The van der Waals surface area contributed by atoms with Crippen molar-refractivity contribution in [3.8, 4) is 0 Å². The van der Waals surface area contributed by atoms with Gasteiger partial charge >= 0.3 is 0 Å². The predicted octanol–water partition coefficient (Wildman–Crippen LogP) is 0.177. The number of rotatable bonds is 4. The predicted molar refractivity (Wildman–Crippen MR) is 98.2 cm³/mol. The van der Waals surface area contributed by atoms with E-state index in [1.165, 1.54) is 34.9 Å². The van der Waals surface area contributed by atoms with Crippen molar-refractivity contribution >= 4 is 32.7 Å². The second kappa shape index (κ2) is 6.76. The zero-order chi connectivity index (χ0) is 19.9. The van der Waals surface area contributed by atoms with E-state index in [1.807, 2.05) is 4.90 Å². The van der Waals surface area contributed by atoms with Crippen molar-refractivity contribution in [2.45, 2.75) is 4.90 Å². The molecule has 0 N–H and O–H groups in total. The molecule has 0 atom stereocenters. The Labute approximate surface area is 159 Å². The highest BCUT2D eigenvalue weighted by Crippen LogP contribution is 2.24. The van der Waals surface area contributed by atoms with Gasteiger partial charge in [-0.3, -0.25) is 10.1 Å². The second-order valence-corrected chi connectivity index (χ2v) is 8.16. The molecule has 0 amide bonds. The molecule has 1 aromatic carbocycles. The van der Waals surface area contributed by atoms with Gasteiger partial charge in [0.15, 0.2) is 17.0 Å². The molecule has 0 aliphatic carbocycles. The lowest BCUT2D eigenvalue weighted by atomic mass is 10.3. The van der Waals surface area contributed by atoms with Crippen molar-refractivity contribution in [2.24, 2.45) is 7.05 Å². The molecule has 28 heavy (non-hydrogen) atoms. The summed E-state index contributed by atoms with van der Waals surface area (Å²) in [5, 5.41) is 18.8. The summed E-state index contributed by atoms with van der Waals surface area (Å²) in [4.78, 5) is 20.6. The molecule has 4 rings (SSSR count). The molecule has 1 saturated heterocycles. The van der Waals surface area contributed by atoms with E-state index in [1.54, 1.807) is 11.7 Å². The third kappa shape index (κ3) is 3.03. The number of non-ortho nitro benzene ring substituents is 1. The lowest BCUT2D eigenvalue weighted by molar-refractivity contribution is -0.384. The molecule has 0 bridgehead atoms. The number of hydrogen-bond acceptors (Lipinski definition) is 9. The number of nitrogens with zero attached hydrogens (tertiary/aromatic N) is 8. The first-order valence-corrected chi connectivity index (χ1v) is 9.82. The monoisotopic (exact) mass is 404 g/mol. The zero-order valence-electron chi connectivity index (χ0n) is 14.8. The summed E-state index contributed by atoms with van der Waals surface area (Å²) in [6, 6.07) is 4.89. The van der Waals surface area contributed by atoms with Crippen LogP contribution in [-0.4, -0.2) is 68.8 Å². The van der Waals surface area contributed by atoms with E-state index >= 15 is 0 Å². The summed E-state index contributed by atoms with van der Waals surface area (Å²) in [6.45, 7) is 1.36. The number of aryl methyl sites for hydroxylation is 1. The molecule has 1 fully saturated rings. The van der Waals surface area contributed by atoms with E-state index in [4.69, 9.17) is 0 Å². The number of aromatic nitrogens is 5. The Morgan fingerprint density at radius 1 is 1.07 bits per heavy atom. The molecule has 3 heterocycles. The molecule has 3 aromatic rings. The Bertz CT molecular complexity index is 1140. The van der Waals surface area contributed by atoms with Crippen molar-refractivity contribution in [2.75, 3.05) is 31.1 Å². The number of nitro groups is 1. The highest BCUT2D eigenvalue weighted by Gasteiger charge is 2.30. The van der Waals surface area contributed by atoms with Crippen LogP contribution < -0.4 is 4.90 Å². The smallest absolute Gasteiger partial charge is 0.269 e. The number of piperazine rings is 1. The maximum atomic E-state index is 12.8. The second-order valence-electron chi connectivity index (χ2n) is 6.22. The molecule has 13 heteroatoms. The summed E-state index contributed by atoms with van der Waals surface area (Å²) < 4.78 is 28.5. The number of hydrogen-bond donors (Lipinski definition) is 0. The minimum atomic E-state index is -3.73. The molecule has 0 saturated carbocycles. The Kier molecular flexibility index (Phi) is 4.39. The Morgan fingerprint density at radius 3 is 2.39 bits per heavy atom. The van der Waals surface area contributed by atoms with Crippen molar-refractivity contribution in [3.63, 3.8) is 0 Å². The molecule has 12 nitrogen and oxygen atoms in total. The van der Waals surface area contributed by atoms with Gasteiger partial charge in [-0.05, 0) is 12.1 Å². The first kappa shape index (κ1) is 18.2. The van der Waals surface area contributed by atoms with Gasteiger partial charge < -0.3 is 4.90 Å². The fourth-order valence-corrected chi connectivity index (χ4v) is 4.52. The minimum Gasteiger partial charge on any atom is -0.352 e. The van der Waals surface area contributed by atoms with Crippen molar-refractivity contribution in [1.29, 1.82) is 0 Å². The maximum absolute atomic E-state index is 12.8. The van der Waals surface area contributed by atoms with Gasteiger partial charge in [0, 0.05) is 45.4 Å². The normalized spacial score (nSPS) is 15.8. The molecular weight excluding hydrogens is 388 g/mol. The first-order valence-electron chi connectivity index (χ1n) is 8.38. The van der Waals surface area contributed by atoms with Gasteiger partial charge in [-0.25, -0.2) is 23.1 Å². The maximum Gasteiger partial charge on any atom is 0.269 e. The number of anilines is 1. The van der Waals surface area contributed by atoms with Crippen LogP contribution in [0.1, 0.15) is 0 Å². The molecule has 1 aliphatic heterocycles. The van der Waals surface area contributed by atoms with E-state index in [2.05, 4.69) is 20.3 Å². The van der Waals surface area contributed by atoms with E-state index in [0.29, 0.717) is 30.1 Å². The van der Waals surface area contributed by atoms with Crippen molar-refractivity contribution in [3.05, 3.63) is 40.7 Å². The average molecular weight is 404 g/mol. The van der Waals surface area contributed by atoms with Crippen LogP contribution in [0, 0.1) is 10.1 Å². The fourth-order valence-electron chi connectivity index (χ4n) is 3.10. The third-order valence-electron chi connectivity index (χ3n) is 4.59. The highest BCUT2D eigenvalue weighted by molar-refractivity contribution is 7.89. The standard InChI is InChI=1S/C15H16N8O4S/c1-20-14-13(18-19-20)15(17-10-16-14)21-6-8-22(9-7-21)28(26,27)12-4-2-11(3-5-12)23(24)25/h2-5,10H,6-9H2,1H3. The van der Waals surface area contributed by atoms with Crippen LogP contribution in [0.25, 0.3) is 11.2 Å². The Morgan fingerprint density at radius 2 is 1.75 bits per heavy atom. The molecule has 1 aliphatic rings. The molecule has 2 aromatic heterocycles. The van der Waals surface area contributed by atoms with Crippen LogP contribution in [0.3, 0.4) is 0 Å². The lowest BCUT2D eigenvalue weighted by Crippen LogP contribution is -2.49. The lowest BCUT2D eigenvalue weighted by Gasteiger charge is -2.34. The van der Waals surface area contributed by atoms with Gasteiger partial charge in [-0.2, -0.15) is 4.31 Å². The summed E-state index contributed by atoms with van der Waals surface area (Å²) in [5.74, 6) is 0.616. The van der Waals surface area contributed by atoms with E-state index in [9.17, 15) is 18.5 Å². The van der Waals surface area contributed by atoms with Crippen LogP contribution in [0.5, 0.6) is 0 Å². The molecular formula is C15H16N8O4S. The number of fused-ring (bicyclic) bond motifs is 1. The summed E-state index contributed by atoms with van der Waals surface area (Å²) >= 11 is 0. The van der Waals surface area contributed by atoms with Crippen LogP contribution in [0.4, 0.5) is 11.5 Å². The van der Waals surface area contributed by atoms with Gasteiger partial charge in [0.25, 0.3) is 5.69 Å². The third-order valence-corrected chi connectivity index (χ3v) is 6.51. The Hall–Kier alpha value is -3.19. The minimum absolute atomic E-state index is 0.0323. The Balaban J connectivity index is 1.52. The first-order chi connectivity index (χ1) is 13.4. The largest absolute Gasteiger partial charge is 0.352 e. The van der Waals surface area contributed by atoms with E-state index in [-0.39, 0.29) is 23.7 Å². The van der Waals surface area contributed by atoms with Crippen molar-refractivity contribution < 1.29 is 13.3 Å². The van der Waals surface area contributed by atoms with Gasteiger partial charge in [-0.1, -0.05) is 5.21 Å². The zero-order valence-corrected chi connectivity index (χ0v) is 15.7. The molecule has 0 radical (unpaired) electrons. The molecule has 0 unspecified atom stereocenters. The van der Waals surface area contributed by atoms with E-state index < -0.39 is 14.9 Å². The van der Waals surface area contributed by atoms with Gasteiger partial charge in [0.2, 0.25) is 10.0 Å². The van der Waals surface area contributed by atoms with E-state index in [0.717, 1.165) is 0 Å². The van der Waals surface area contributed by atoms with Gasteiger partial charge in [0.1, 0.15) is 6.33 Å². The van der Waals surface area contributed by atoms with Crippen LogP contribution in [0.2, 0.25) is 0 Å². The summed E-state index contributed by atoms with van der Waals surface area (Å²) in [6.07, 6.45) is 1.43. The number of benzene rings is 1. The fraction of sp³-hybridized carbons (Fsp3) is 0.333. The van der Waals surface area contributed by atoms with Crippen LogP contribution in [0.15, 0.2) is 35.5 Å². The topological polar surface area (TPSA) is 140 Å². The van der Waals surface area contributed by atoms with Gasteiger partial charge in [-0.15, -0.1) is 5.10 Å². The SMILES string of the molecule is Cn1nnc2c(N3CCN(S(=O)(=O)c4ccc([N+](=O)[O-])cc4)CC3)ncnc21. The quantitative estimate of drug-likeness (QED) is 0.440. The molecule has 146 valence electrons. The number of sulfonamides is 1. The van der Waals surface area contributed by atoms with Crippen molar-refractivity contribution in [1.82, 2.24) is 29.3 Å². The summed E-state index contributed by atoms with van der Waals surface area (Å²) in [5.41, 5.74) is 1.02. The summed E-state index contributed by atoms with van der Waals surface area (Å²) in [7, 11) is -1.99. The van der Waals surface area contributed by atoms with Crippen LogP contribution >= 0.6 is 0 Å². The number of nitro benzene ring substituents is 1. The van der Waals surface area contributed by atoms with Crippen LogP contribution in [-0.2, 0) is 17.1 Å². The average Bonchev–Trinajstić information content (AvgIpc) is 3.09. The highest BCUT2D eigenvalue weighted by atomic mass is 32.2. The molecule has 0 spiro atoms.